The van der Waals surface area contributed by atoms with E-state index in [1.54, 1.807) is 0 Å². The molecule has 0 aliphatic carbocycles. The summed E-state index contributed by atoms with van der Waals surface area (Å²) in [5.74, 6) is 0.707. The Bertz CT molecular complexity index is 231. The molecule has 0 aromatic heterocycles. The molecule has 0 spiro atoms. The molecule has 76 valence electrons. The minimum Gasteiger partial charge on any atom is -0.439 e. The molecular weight excluding hydrogens is 217 g/mol. The van der Waals surface area contributed by atoms with Gasteiger partial charge in [0.05, 0.1) is 0 Å². The number of rotatable bonds is 4. The van der Waals surface area contributed by atoms with E-state index in [1.807, 2.05) is 0 Å². The predicted molar refractivity (Wildman–Crippen MR) is 47.0 cm³/mol. The molecule has 0 radical (unpaired) electrons. The zero-order chi connectivity index (χ0) is 9.90. The Morgan fingerprint density at radius 3 is 2.92 bits per heavy atom. The lowest BCUT2D eigenvalue weighted by Gasteiger charge is -2.21. The molecule has 1 saturated heterocycles. The first-order valence-corrected chi connectivity index (χ1v) is 6.37. The number of carbonyl (C=O) groups is 1. The smallest absolute Gasteiger partial charge is 0.339 e. The van der Waals surface area contributed by atoms with Gasteiger partial charge in [0.2, 0.25) is 5.56 Å². The highest BCUT2D eigenvalue weighted by atomic mass is 32.2. The van der Waals surface area contributed by atoms with E-state index in [-0.39, 0.29) is 12.8 Å². The third-order valence-corrected chi connectivity index (χ3v) is 3.32. The summed E-state index contributed by atoms with van der Waals surface area (Å²) in [6, 6.07) is 0. The van der Waals surface area contributed by atoms with Crippen LogP contribution in [0.4, 0.5) is 0 Å². The number of hydrogen-bond donors (Lipinski definition) is 2. The first-order valence-electron chi connectivity index (χ1n) is 3.52. The fourth-order valence-corrected chi connectivity index (χ4v) is 2.96. The Labute approximate surface area is 79.4 Å². The molecule has 6 nitrogen and oxygen atoms in total. The standard InChI is InChI=1S/C5H10NO5PS/c7-4-11-5-6(1-2-13-5)3-12(8,9)10/h4-5H,1-3H2,(H2,8,9,10). The van der Waals surface area contributed by atoms with Crippen LogP contribution in [0.2, 0.25) is 0 Å². The molecule has 0 aromatic rings. The molecule has 1 aliphatic rings. The van der Waals surface area contributed by atoms with Gasteiger partial charge in [-0.1, -0.05) is 0 Å². The summed E-state index contributed by atoms with van der Waals surface area (Å²) < 4.78 is 15.3. The van der Waals surface area contributed by atoms with Crippen molar-refractivity contribution in [1.29, 1.82) is 0 Å². The molecule has 0 saturated carbocycles. The van der Waals surface area contributed by atoms with Crippen molar-refractivity contribution < 1.29 is 23.9 Å². The van der Waals surface area contributed by atoms with Gasteiger partial charge in [0.1, 0.15) is 6.29 Å². The quantitative estimate of drug-likeness (QED) is 0.500. The van der Waals surface area contributed by atoms with Gasteiger partial charge >= 0.3 is 7.60 Å². The number of hydrogen-bond acceptors (Lipinski definition) is 5. The van der Waals surface area contributed by atoms with E-state index in [2.05, 4.69) is 4.74 Å². The Kier molecular flexibility index (Phi) is 3.75. The monoisotopic (exact) mass is 227 g/mol. The Hall–Kier alpha value is -0.0700. The number of ether oxygens (including phenoxy) is 1. The van der Waals surface area contributed by atoms with Gasteiger partial charge in [0.25, 0.3) is 6.47 Å². The molecule has 1 heterocycles. The van der Waals surface area contributed by atoms with Crippen molar-refractivity contribution >= 4 is 25.8 Å². The van der Waals surface area contributed by atoms with E-state index < -0.39 is 13.2 Å². The molecule has 2 N–H and O–H groups in total. The third kappa shape index (κ3) is 3.66. The molecule has 0 aromatic carbocycles. The maximum absolute atomic E-state index is 10.6. The van der Waals surface area contributed by atoms with Gasteiger partial charge in [-0.05, 0) is 0 Å². The zero-order valence-corrected chi connectivity index (χ0v) is 8.41. The van der Waals surface area contributed by atoms with E-state index in [9.17, 15) is 9.36 Å². The van der Waals surface area contributed by atoms with Gasteiger partial charge in [0, 0.05) is 12.3 Å². The summed E-state index contributed by atoms with van der Waals surface area (Å²) in [5.41, 5.74) is -0.551. The van der Waals surface area contributed by atoms with Crippen LogP contribution < -0.4 is 0 Å². The molecule has 1 unspecified atom stereocenters. The highest BCUT2D eigenvalue weighted by molar-refractivity contribution is 8.00. The fourth-order valence-electron chi connectivity index (χ4n) is 1.03. The van der Waals surface area contributed by atoms with Gasteiger partial charge in [-0.3, -0.25) is 9.36 Å². The summed E-state index contributed by atoms with van der Waals surface area (Å²) >= 11 is 1.34. The molecular formula is C5H10NO5PS. The van der Waals surface area contributed by atoms with Crippen LogP contribution in [0.15, 0.2) is 0 Å². The van der Waals surface area contributed by atoms with E-state index in [4.69, 9.17) is 9.79 Å². The molecule has 0 bridgehead atoms. The van der Waals surface area contributed by atoms with Crippen molar-refractivity contribution in [2.75, 3.05) is 18.6 Å². The van der Waals surface area contributed by atoms with Crippen LogP contribution in [0.1, 0.15) is 0 Å². The molecule has 1 fully saturated rings. The van der Waals surface area contributed by atoms with Crippen molar-refractivity contribution in [3.8, 4) is 0 Å². The summed E-state index contributed by atoms with van der Waals surface area (Å²) in [6.45, 7) is 0.809. The van der Waals surface area contributed by atoms with Crippen molar-refractivity contribution in [3.63, 3.8) is 0 Å². The SMILES string of the molecule is O=COC1SCCN1CP(=O)(O)O. The van der Waals surface area contributed by atoms with Crippen molar-refractivity contribution in [2.45, 2.75) is 5.56 Å². The van der Waals surface area contributed by atoms with Crippen molar-refractivity contribution in [1.82, 2.24) is 4.90 Å². The zero-order valence-electron chi connectivity index (χ0n) is 6.70. The number of nitrogens with zero attached hydrogens (tertiary/aromatic N) is 1. The number of thioether (sulfide) groups is 1. The van der Waals surface area contributed by atoms with Crippen LogP contribution in [0.3, 0.4) is 0 Å². The van der Waals surface area contributed by atoms with E-state index in [0.717, 1.165) is 0 Å². The van der Waals surface area contributed by atoms with Crippen LogP contribution in [-0.2, 0) is 14.1 Å². The largest absolute Gasteiger partial charge is 0.439 e. The molecule has 1 rings (SSSR count). The number of carbonyl (C=O) groups excluding carboxylic acids is 1. The van der Waals surface area contributed by atoms with Crippen molar-refractivity contribution in [2.24, 2.45) is 0 Å². The molecule has 13 heavy (non-hydrogen) atoms. The summed E-state index contributed by atoms with van der Waals surface area (Å²) in [6.07, 6.45) is -0.363. The lowest BCUT2D eigenvalue weighted by atomic mass is 10.7. The first-order chi connectivity index (χ1) is 6.03. The van der Waals surface area contributed by atoms with Crippen molar-refractivity contribution in [3.05, 3.63) is 0 Å². The molecule has 1 atom stereocenters. The van der Waals surface area contributed by atoms with Gasteiger partial charge in [-0.25, -0.2) is 4.90 Å². The molecule has 0 amide bonds. The van der Waals surface area contributed by atoms with Crippen LogP contribution in [0.5, 0.6) is 0 Å². The van der Waals surface area contributed by atoms with E-state index in [1.165, 1.54) is 16.7 Å². The summed E-state index contributed by atoms with van der Waals surface area (Å²) in [4.78, 5) is 28.8. The van der Waals surface area contributed by atoms with E-state index in [0.29, 0.717) is 12.3 Å². The maximum Gasteiger partial charge on any atom is 0.339 e. The highest BCUT2D eigenvalue weighted by Crippen LogP contribution is 2.38. The van der Waals surface area contributed by atoms with Gasteiger partial charge in [0.15, 0.2) is 0 Å². The lowest BCUT2D eigenvalue weighted by molar-refractivity contribution is -0.134. The summed E-state index contributed by atoms with van der Waals surface area (Å²) in [5, 5.41) is 0. The second-order valence-corrected chi connectivity index (χ2v) is 5.29. The van der Waals surface area contributed by atoms with E-state index >= 15 is 0 Å². The van der Waals surface area contributed by atoms with Crippen LogP contribution in [0.25, 0.3) is 0 Å². The second kappa shape index (κ2) is 4.43. The predicted octanol–water partition coefficient (Wildman–Crippen LogP) is -0.373. The summed E-state index contributed by atoms with van der Waals surface area (Å²) in [7, 11) is -4.06. The Morgan fingerprint density at radius 1 is 1.69 bits per heavy atom. The fraction of sp³-hybridized carbons (Fsp3) is 0.800. The van der Waals surface area contributed by atoms with Gasteiger partial charge < -0.3 is 14.5 Å². The normalized spacial score (nSPS) is 24.6. The highest BCUT2D eigenvalue weighted by Gasteiger charge is 2.31. The average Bonchev–Trinajstić information content (AvgIpc) is 2.34. The minimum absolute atomic E-state index is 0.287. The third-order valence-electron chi connectivity index (χ3n) is 1.47. The van der Waals surface area contributed by atoms with Crippen LogP contribution >= 0.6 is 19.4 Å². The minimum atomic E-state index is -4.06. The molecule has 1 aliphatic heterocycles. The lowest BCUT2D eigenvalue weighted by Crippen LogP contribution is -2.31. The molecule has 8 heteroatoms. The second-order valence-electron chi connectivity index (χ2n) is 2.53. The Morgan fingerprint density at radius 2 is 2.38 bits per heavy atom. The van der Waals surface area contributed by atoms with Crippen LogP contribution in [0, 0.1) is 0 Å². The topological polar surface area (TPSA) is 87.1 Å². The first kappa shape index (κ1) is 11.0. The Balaban J connectivity index is 2.48. The van der Waals surface area contributed by atoms with Crippen LogP contribution in [-0.4, -0.2) is 45.3 Å². The average molecular weight is 227 g/mol. The van der Waals surface area contributed by atoms with Gasteiger partial charge in [-0.15, -0.1) is 11.8 Å². The maximum atomic E-state index is 10.6. The van der Waals surface area contributed by atoms with Gasteiger partial charge in [-0.2, -0.15) is 0 Å².